The molecule has 2 N–H and O–H groups in total. The van der Waals surface area contributed by atoms with Gasteiger partial charge in [-0.1, -0.05) is 37.6 Å². The zero-order chi connectivity index (χ0) is 11.6. The van der Waals surface area contributed by atoms with Crippen molar-refractivity contribution in [3.05, 3.63) is 35.9 Å². The Balaban J connectivity index is 2.50. The van der Waals surface area contributed by atoms with E-state index in [0.29, 0.717) is 13.2 Å². The molecule has 1 rings (SSSR count). The Hall–Kier alpha value is -0.770. The van der Waals surface area contributed by atoms with Gasteiger partial charge in [0, 0.05) is 23.5 Å². The van der Waals surface area contributed by atoms with Gasteiger partial charge in [0.2, 0.25) is 0 Å². The van der Waals surface area contributed by atoms with Crippen molar-refractivity contribution >= 4 is 18.1 Å². The molecule has 1 aromatic carbocycles. The van der Waals surface area contributed by atoms with Crippen LogP contribution in [0.15, 0.2) is 35.2 Å². The van der Waals surface area contributed by atoms with E-state index in [9.17, 15) is 0 Å². The Labute approximate surface area is 102 Å². The van der Waals surface area contributed by atoms with E-state index in [0.717, 1.165) is 11.3 Å². The van der Waals surface area contributed by atoms with Crippen LogP contribution < -0.4 is 5.73 Å². The van der Waals surface area contributed by atoms with E-state index in [4.69, 9.17) is 9.92 Å². The molecule has 0 radical (unpaired) electrons. The third-order valence-corrected chi connectivity index (χ3v) is 2.71. The van der Waals surface area contributed by atoms with Gasteiger partial charge in [-0.05, 0) is 24.1 Å². The summed E-state index contributed by atoms with van der Waals surface area (Å²) < 4.78 is 5.32. The number of benzene rings is 1. The largest absolute Gasteiger partial charge is 0.328 e. The summed E-state index contributed by atoms with van der Waals surface area (Å²) in [5.74, 6) is 0. The van der Waals surface area contributed by atoms with Crippen LogP contribution in [0.5, 0.6) is 0 Å². The standard InChI is InChI=1S/C13H19NOS/c1-2-3-4-6-12-7-5-8-13(11-12)16-15-10-9-14/h4-8,11H,2-3,9-10,14H2,1H3. The van der Waals surface area contributed by atoms with Gasteiger partial charge in [0.15, 0.2) is 0 Å². The summed E-state index contributed by atoms with van der Waals surface area (Å²) in [6.45, 7) is 3.32. The monoisotopic (exact) mass is 237 g/mol. The number of unbranched alkanes of at least 4 members (excludes halogenated alkanes) is 1. The van der Waals surface area contributed by atoms with Gasteiger partial charge in [0.25, 0.3) is 0 Å². The number of nitrogens with two attached hydrogens (primary N) is 1. The molecule has 3 heteroatoms. The molecular formula is C13H19NOS. The molecule has 88 valence electrons. The van der Waals surface area contributed by atoms with Crippen molar-refractivity contribution in [2.75, 3.05) is 13.2 Å². The van der Waals surface area contributed by atoms with E-state index >= 15 is 0 Å². The lowest BCUT2D eigenvalue weighted by Gasteiger charge is -2.02. The van der Waals surface area contributed by atoms with Crippen LogP contribution in [0.4, 0.5) is 0 Å². The van der Waals surface area contributed by atoms with Crippen LogP contribution in [0.3, 0.4) is 0 Å². The fourth-order valence-corrected chi connectivity index (χ4v) is 1.85. The Bertz CT molecular complexity index is 325. The van der Waals surface area contributed by atoms with Gasteiger partial charge >= 0.3 is 0 Å². The highest BCUT2D eigenvalue weighted by Crippen LogP contribution is 2.20. The molecule has 0 aliphatic heterocycles. The molecule has 0 aromatic heterocycles. The van der Waals surface area contributed by atoms with E-state index in [1.165, 1.54) is 24.0 Å². The Kier molecular flexibility index (Phi) is 6.97. The van der Waals surface area contributed by atoms with Crippen LogP contribution in [0, 0.1) is 0 Å². The Morgan fingerprint density at radius 2 is 2.31 bits per heavy atom. The minimum absolute atomic E-state index is 0.559. The van der Waals surface area contributed by atoms with Crippen molar-refractivity contribution in [1.82, 2.24) is 0 Å². The smallest absolute Gasteiger partial charge is 0.0741 e. The zero-order valence-corrected chi connectivity index (χ0v) is 10.5. The molecule has 0 saturated carbocycles. The van der Waals surface area contributed by atoms with E-state index in [1.807, 2.05) is 12.1 Å². The van der Waals surface area contributed by atoms with Gasteiger partial charge in [-0.3, -0.25) is 0 Å². The van der Waals surface area contributed by atoms with Crippen molar-refractivity contribution in [3.8, 4) is 0 Å². The second-order valence-corrected chi connectivity index (χ2v) is 4.33. The molecule has 0 bridgehead atoms. The maximum Gasteiger partial charge on any atom is 0.0741 e. The minimum Gasteiger partial charge on any atom is -0.328 e. The highest BCUT2D eigenvalue weighted by Gasteiger charge is 1.95. The highest BCUT2D eigenvalue weighted by atomic mass is 32.2. The van der Waals surface area contributed by atoms with Gasteiger partial charge in [-0.25, -0.2) is 0 Å². The fraction of sp³-hybridized carbons (Fsp3) is 0.385. The first-order valence-electron chi connectivity index (χ1n) is 5.63. The lowest BCUT2D eigenvalue weighted by Crippen LogP contribution is -2.04. The van der Waals surface area contributed by atoms with E-state index in [1.54, 1.807) is 0 Å². The topological polar surface area (TPSA) is 35.2 Å². The molecule has 0 unspecified atom stereocenters. The van der Waals surface area contributed by atoms with Crippen molar-refractivity contribution < 1.29 is 4.18 Å². The molecule has 0 aliphatic rings. The van der Waals surface area contributed by atoms with Crippen molar-refractivity contribution in [1.29, 1.82) is 0 Å². The average molecular weight is 237 g/mol. The Morgan fingerprint density at radius 3 is 3.06 bits per heavy atom. The molecule has 2 nitrogen and oxygen atoms in total. The zero-order valence-electron chi connectivity index (χ0n) is 9.69. The van der Waals surface area contributed by atoms with Gasteiger partial charge < -0.3 is 9.92 Å². The molecule has 0 aliphatic carbocycles. The van der Waals surface area contributed by atoms with Crippen LogP contribution >= 0.6 is 12.0 Å². The van der Waals surface area contributed by atoms with Crippen LogP contribution in [0.2, 0.25) is 0 Å². The van der Waals surface area contributed by atoms with Gasteiger partial charge in [-0.2, -0.15) is 0 Å². The fourth-order valence-electron chi connectivity index (χ4n) is 1.21. The van der Waals surface area contributed by atoms with E-state index < -0.39 is 0 Å². The molecule has 0 spiro atoms. The molecule has 1 aromatic rings. The first kappa shape index (κ1) is 13.3. The maximum atomic E-state index is 5.35. The van der Waals surface area contributed by atoms with Crippen LogP contribution in [-0.2, 0) is 4.18 Å². The SMILES string of the molecule is CCCC=Cc1cccc(SOCCN)c1. The highest BCUT2D eigenvalue weighted by molar-refractivity contribution is 7.94. The molecule has 0 fully saturated rings. The summed E-state index contributed by atoms with van der Waals surface area (Å²) in [5, 5.41) is 0. The Morgan fingerprint density at radius 1 is 1.44 bits per heavy atom. The van der Waals surface area contributed by atoms with E-state index in [-0.39, 0.29) is 0 Å². The van der Waals surface area contributed by atoms with Crippen molar-refractivity contribution in [3.63, 3.8) is 0 Å². The molecule has 0 atom stereocenters. The van der Waals surface area contributed by atoms with Crippen LogP contribution in [0.1, 0.15) is 25.3 Å². The number of hydrogen-bond acceptors (Lipinski definition) is 3. The third kappa shape index (κ3) is 5.35. The summed E-state index contributed by atoms with van der Waals surface area (Å²) in [4.78, 5) is 1.12. The number of allylic oxidation sites excluding steroid dienone is 1. The predicted octanol–water partition coefficient (Wildman–Crippen LogP) is 3.48. The lowest BCUT2D eigenvalue weighted by molar-refractivity contribution is 0.386. The minimum atomic E-state index is 0.559. The van der Waals surface area contributed by atoms with Gasteiger partial charge in [0.05, 0.1) is 6.61 Å². The van der Waals surface area contributed by atoms with Gasteiger partial charge in [-0.15, -0.1) is 0 Å². The lowest BCUT2D eigenvalue weighted by atomic mass is 10.2. The molecule has 0 amide bonds. The van der Waals surface area contributed by atoms with Gasteiger partial charge in [0.1, 0.15) is 0 Å². The summed E-state index contributed by atoms with van der Waals surface area (Å²) >= 11 is 1.38. The predicted molar refractivity (Wildman–Crippen MR) is 71.2 cm³/mol. The van der Waals surface area contributed by atoms with Crippen molar-refractivity contribution in [2.24, 2.45) is 5.73 Å². The molecule has 0 saturated heterocycles. The summed E-state index contributed by atoms with van der Waals surface area (Å²) in [6, 6.07) is 8.30. The van der Waals surface area contributed by atoms with Crippen molar-refractivity contribution in [2.45, 2.75) is 24.7 Å². The first-order valence-corrected chi connectivity index (χ1v) is 6.37. The third-order valence-electron chi connectivity index (χ3n) is 1.98. The number of hydrogen-bond donors (Lipinski definition) is 1. The number of rotatable bonds is 7. The summed E-state index contributed by atoms with van der Waals surface area (Å²) in [7, 11) is 0. The molecular weight excluding hydrogens is 218 g/mol. The summed E-state index contributed by atoms with van der Waals surface area (Å²) in [6.07, 6.45) is 6.66. The second-order valence-electron chi connectivity index (χ2n) is 3.46. The van der Waals surface area contributed by atoms with Crippen LogP contribution in [0.25, 0.3) is 6.08 Å². The summed E-state index contributed by atoms with van der Waals surface area (Å²) in [5.41, 5.74) is 6.57. The average Bonchev–Trinajstić information content (AvgIpc) is 2.30. The second kappa shape index (κ2) is 8.39. The molecule has 0 heterocycles. The quantitative estimate of drug-likeness (QED) is 0.582. The first-order chi connectivity index (χ1) is 7.86. The normalized spacial score (nSPS) is 11.1. The molecule has 16 heavy (non-hydrogen) atoms. The maximum absolute atomic E-state index is 5.35. The van der Waals surface area contributed by atoms with E-state index in [2.05, 4.69) is 31.2 Å². The van der Waals surface area contributed by atoms with Crippen LogP contribution in [-0.4, -0.2) is 13.2 Å².